The Balaban J connectivity index is 0.000000158. The van der Waals surface area contributed by atoms with Crippen molar-refractivity contribution in [2.24, 2.45) is 21.5 Å². The minimum absolute atomic E-state index is 0.666. The van der Waals surface area contributed by atoms with Crippen molar-refractivity contribution < 1.29 is 9.68 Å². The topological polar surface area (TPSA) is 115 Å². The molecule has 6 rings (SSSR count). The Hall–Kier alpha value is -3.90. The summed E-state index contributed by atoms with van der Waals surface area (Å²) in [7, 11) is 3.34. The zero-order chi connectivity index (χ0) is 27.8. The number of fused-ring (bicyclic) bond motifs is 4. The van der Waals surface area contributed by atoms with E-state index in [1.165, 1.54) is 11.1 Å². The first-order chi connectivity index (χ1) is 18.8. The zero-order valence-corrected chi connectivity index (χ0v) is 23.8. The van der Waals surface area contributed by atoms with E-state index < -0.39 is 0 Å². The molecule has 0 aliphatic carbocycles. The minimum Gasteiger partial charge on any atom is -0.397 e. The summed E-state index contributed by atoms with van der Waals surface area (Å²) in [5, 5.41) is 3.58. The van der Waals surface area contributed by atoms with Gasteiger partial charge in [0.15, 0.2) is 0 Å². The maximum atomic E-state index is 6.23. The van der Waals surface area contributed by atoms with Gasteiger partial charge in [-0.15, -0.1) is 0 Å². The van der Waals surface area contributed by atoms with E-state index in [2.05, 4.69) is 57.3 Å². The number of nitrogens with zero attached hydrogens (tertiary/aromatic N) is 8. The van der Waals surface area contributed by atoms with E-state index in [0.29, 0.717) is 13.3 Å². The molecule has 0 bridgehead atoms. The van der Waals surface area contributed by atoms with E-state index in [0.717, 1.165) is 78.4 Å². The molecule has 0 aromatic rings. The molecular formula is C27H40N10O2. The molecule has 0 saturated heterocycles. The van der Waals surface area contributed by atoms with Crippen LogP contribution in [0.15, 0.2) is 79.4 Å². The van der Waals surface area contributed by atoms with Gasteiger partial charge in [0.2, 0.25) is 0 Å². The number of allylic oxidation sites excluding steroid dienone is 2. The molecule has 39 heavy (non-hydrogen) atoms. The molecule has 0 radical (unpaired) electrons. The molecule has 0 saturated carbocycles. The Morgan fingerprint density at radius 3 is 1.67 bits per heavy atom. The third-order valence-corrected chi connectivity index (χ3v) is 7.55. The van der Waals surface area contributed by atoms with Gasteiger partial charge in [0.1, 0.15) is 36.4 Å². The molecule has 6 aliphatic rings. The number of aliphatic imine (C=N–C) groups is 2. The molecule has 210 valence electrons. The van der Waals surface area contributed by atoms with Gasteiger partial charge in [-0.25, -0.2) is 20.1 Å². The van der Waals surface area contributed by atoms with Gasteiger partial charge in [-0.2, -0.15) is 0 Å². The van der Waals surface area contributed by atoms with Crippen LogP contribution in [0.4, 0.5) is 0 Å². The molecule has 12 nitrogen and oxygen atoms in total. The Morgan fingerprint density at radius 2 is 1.23 bits per heavy atom. The lowest BCUT2D eigenvalue weighted by atomic mass is 10.1. The van der Waals surface area contributed by atoms with Crippen molar-refractivity contribution in [3.05, 3.63) is 69.4 Å². The highest BCUT2D eigenvalue weighted by molar-refractivity contribution is 5.82. The maximum Gasteiger partial charge on any atom is 0.139 e. The Labute approximate surface area is 230 Å². The fourth-order valence-corrected chi connectivity index (χ4v) is 5.43. The summed E-state index contributed by atoms with van der Waals surface area (Å²) in [4.78, 5) is 28.7. The predicted octanol–water partition coefficient (Wildman–Crippen LogP) is 1.96. The number of hydrogen-bond acceptors (Lipinski definition) is 12. The predicted molar refractivity (Wildman–Crippen MR) is 151 cm³/mol. The van der Waals surface area contributed by atoms with E-state index in [4.69, 9.17) is 21.1 Å². The van der Waals surface area contributed by atoms with E-state index in [9.17, 15) is 0 Å². The average Bonchev–Trinajstić information content (AvgIpc) is 3.57. The van der Waals surface area contributed by atoms with Crippen molar-refractivity contribution >= 4 is 12.4 Å². The van der Waals surface area contributed by atoms with Gasteiger partial charge in [0.25, 0.3) is 0 Å². The fraction of sp³-hybridized carbons (Fsp3) is 0.481. The Morgan fingerprint density at radius 1 is 0.769 bits per heavy atom. The molecule has 4 N–H and O–H groups in total. The van der Waals surface area contributed by atoms with Crippen molar-refractivity contribution in [2.75, 3.05) is 53.7 Å². The van der Waals surface area contributed by atoms with Gasteiger partial charge in [-0.1, -0.05) is 6.92 Å². The first-order valence-corrected chi connectivity index (χ1v) is 13.4. The molecule has 12 heteroatoms. The molecule has 0 aromatic heterocycles. The van der Waals surface area contributed by atoms with Gasteiger partial charge < -0.3 is 31.1 Å². The lowest BCUT2D eigenvalue weighted by Crippen LogP contribution is -2.43. The lowest BCUT2D eigenvalue weighted by molar-refractivity contribution is -0.0971. The number of nitrogens with two attached hydrogens (primary N) is 2. The number of hydrogen-bond donors (Lipinski definition) is 2. The summed E-state index contributed by atoms with van der Waals surface area (Å²) in [6.45, 7) is 13.4. The second-order valence-corrected chi connectivity index (χ2v) is 10.1. The van der Waals surface area contributed by atoms with Crippen molar-refractivity contribution in [1.82, 2.24) is 29.7 Å². The second kappa shape index (κ2) is 10.7. The molecule has 0 aromatic carbocycles. The molecule has 6 aliphatic heterocycles. The Bertz CT molecular complexity index is 1270. The first-order valence-electron chi connectivity index (χ1n) is 13.4. The van der Waals surface area contributed by atoms with Crippen molar-refractivity contribution in [3.63, 3.8) is 0 Å². The standard InChI is InChI=1S/C14H21N5O.C13H19N5O/c1-4-5-17-7-10(2)12(15)13-14(17)19-9-18(20-3)8-11(19)6-16-13;1-4-16-6-9(2)11(14)12-13(16)18-8-17(19-3)7-10(18)5-15-12/h6,8H,4-5,7,9,15H2,1-3H3;5,7H,4,6,8,14H2,1-3H3. The van der Waals surface area contributed by atoms with Gasteiger partial charge in [0.05, 0.1) is 61.8 Å². The van der Waals surface area contributed by atoms with Crippen molar-refractivity contribution in [1.29, 1.82) is 0 Å². The molecule has 0 spiro atoms. The largest absolute Gasteiger partial charge is 0.397 e. The molecule has 6 heterocycles. The molecule has 0 unspecified atom stereocenters. The van der Waals surface area contributed by atoms with Gasteiger partial charge >= 0.3 is 0 Å². The van der Waals surface area contributed by atoms with Crippen LogP contribution in [-0.2, 0) is 9.68 Å². The van der Waals surface area contributed by atoms with Gasteiger partial charge in [0, 0.05) is 26.2 Å². The van der Waals surface area contributed by atoms with Gasteiger partial charge in [-0.3, -0.25) is 9.68 Å². The molecular weight excluding hydrogens is 496 g/mol. The third-order valence-electron chi connectivity index (χ3n) is 7.55. The molecule has 0 atom stereocenters. The van der Waals surface area contributed by atoms with E-state index in [1.807, 2.05) is 24.8 Å². The van der Waals surface area contributed by atoms with Crippen LogP contribution in [0.25, 0.3) is 0 Å². The van der Waals surface area contributed by atoms with Crippen LogP contribution in [0.2, 0.25) is 0 Å². The monoisotopic (exact) mass is 536 g/mol. The second-order valence-electron chi connectivity index (χ2n) is 10.1. The fourth-order valence-electron chi connectivity index (χ4n) is 5.43. The first kappa shape index (κ1) is 26.7. The SMILES string of the molecule is CCCN1CC(C)=C(N)C2=C1N1CN(OC)C=C1C=N2.CCN1CC(C)=C(N)C2=C1N1CN(OC)C=C1C=N2. The molecule has 0 fully saturated rings. The summed E-state index contributed by atoms with van der Waals surface area (Å²) in [5.74, 6) is 2.18. The van der Waals surface area contributed by atoms with Crippen LogP contribution in [0.5, 0.6) is 0 Å². The summed E-state index contributed by atoms with van der Waals surface area (Å²) >= 11 is 0. The summed E-state index contributed by atoms with van der Waals surface area (Å²) in [6, 6.07) is 0. The highest BCUT2D eigenvalue weighted by Gasteiger charge is 2.36. The minimum atomic E-state index is 0.666. The number of hydroxylamine groups is 4. The van der Waals surface area contributed by atoms with Crippen LogP contribution in [0.1, 0.15) is 34.1 Å². The third kappa shape index (κ3) is 4.63. The van der Waals surface area contributed by atoms with Crippen molar-refractivity contribution in [3.8, 4) is 0 Å². The smallest absolute Gasteiger partial charge is 0.139 e. The number of rotatable bonds is 5. The number of likely N-dealkylation sites (N-methyl/N-ethyl adjacent to an activating group) is 1. The van der Waals surface area contributed by atoms with Crippen LogP contribution >= 0.6 is 0 Å². The average molecular weight is 537 g/mol. The van der Waals surface area contributed by atoms with E-state index in [1.54, 1.807) is 24.3 Å². The van der Waals surface area contributed by atoms with Crippen LogP contribution in [0.3, 0.4) is 0 Å². The highest BCUT2D eigenvalue weighted by atomic mass is 16.7. The lowest BCUT2D eigenvalue weighted by Gasteiger charge is -2.40. The van der Waals surface area contributed by atoms with E-state index >= 15 is 0 Å². The van der Waals surface area contributed by atoms with E-state index in [-0.39, 0.29) is 0 Å². The van der Waals surface area contributed by atoms with Crippen molar-refractivity contribution in [2.45, 2.75) is 34.1 Å². The van der Waals surface area contributed by atoms with Crippen LogP contribution in [-0.4, -0.2) is 95.9 Å². The Kier molecular flexibility index (Phi) is 7.32. The zero-order valence-electron chi connectivity index (χ0n) is 23.8. The quantitative estimate of drug-likeness (QED) is 0.540. The van der Waals surface area contributed by atoms with Crippen LogP contribution < -0.4 is 11.5 Å². The normalized spacial score (nSPS) is 21.8. The van der Waals surface area contributed by atoms with Crippen LogP contribution in [0, 0.1) is 0 Å². The summed E-state index contributed by atoms with van der Waals surface area (Å²) in [6.07, 6.45) is 8.69. The summed E-state index contributed by atoms with van der Waals surface area (Å²) < 4.78 is 0. The van der Waals surface area contributed by atoms with Gasteiger partial charge in [-0.05, 0) is 38.3 Å². The summed E-state index contributed by atoms with van der Waals surface area (Å²) in [5.41, 5.74) is 20.2. The highest BCUT2D eigenvalue weighted by Crippen LogP contribution is 2.36. The maximum absolute atomic E-state index is 6.23. The molecule has 0 amide bonds.